The smallest absolute Gasteiger partial charge is 0.336 e. The molecule has 0 radical (unpaired) electrons. The number of carboxylic acids is 1. The van der Waals surface area contributed by atoms with Gasteiger partial charge in [0.2, 0.25) is 0 Å². The Balaban J connectivity index is 1.67. The van der Waals surface area contributed by atoms with Gasteiger partial charge in [-0.05, 0) is 49.2 Å². The van der Waals surface area contributed by atoms with E-state index in [1.165, 1.54) is 0 Å². The molecule has 0 aliphatic carbocycles. The molecule has 2 aromatic carbocycles. The lowest BCUT2D eigenvalue weighted by atomic mass is 10.0. The van der Waals surface area contributed by atoms with Crippen LogP contribution in [-0.4, -0.2) is 25.4 Å². The molecular weight excluding hydrogens is 402 g/mol. The summed E-state index contributed by atoms with van der Waals surface area (Å²) < 4.78 is 8.11. The zero-order valence-corrected chi connectivity index (χ0v) is 17.7. The third kappa shape index (κ3) is 3.46. The lowest BCUT2D eigenvalue weighted by Crippen LogP contribution is -2.07. The first-order valence-corrected chi connectivity index (χ1v) is 10.3. The summed E-state index contributed by atoms with van der Waals surface area (Å²) in [6.45, 7) is 3.86. The van der Waals surface area contributed by atoms with Gasteiger partial charge < -0.3 is 14.2 Å². The molecular formula is C26H21N3O3. The summed E-state index contributed by atoms with van der Waals surface area (Å²) in [6.07, 6.45) is 3.50. The van der Waals surface area contributed by atoms with E-state index in [1.807, 2.05) is 91.3 Å². The minimum absolute atomic E-state index is 0.140. The van der Waals surface area contributed by atoms with Crippen LogP contribution in [0.1, 0.15) is 34.5 Å². The fourth-order valence-electron chi connectivity index (χ4n) is 3.88. The van der Waals surface area contributed by atoms with E-state index < -0.39 is 5.97 Å². The summed E-state index contributed by atoms with van der Waals surface area (Å²) in [5.41, 5.74) is 4.50. The molecule has 0 aliphatic rings. The van der Waals surface area contributed by atoms with Crippen molar-refractivity contribution in [1.82, 2.24) is 14.4 Å². The molecule has 1 unspecified atom stereocenters. The van der Waals surface area contributed by atoms with Gasteiger partial charge in [0.15, 0.2) is 0 Å². The first kappa shape index (κ1) is 19.8. The maximum Gasteiger partial charge on any atom is 0.336 e. The Morgan fingerprint density at radius 3 is 2.53 bits per heavy atom. The first-order valence-electron chi connectivity index (χ1n) is 10.3. The summed E-state index contributed by atoms with van der Waals surface area (Å²) in [4.78, 5) is 21.7. The average molecular weight is 423 g/mol. The minimum Gasteiger partial charge on any atom is -0.485 e. The molecule has 1 N–H and O–H groups in total. The molecule has 0 spiro atoms. The van der Waals surface area contributed by atoms with E-state index in [-0.39, 0.29) is 11.7 Å². The Labute approximate surface area is 184 Å². The number of aromatic carboxylic acids is 1. The van der Waals surface area contributed by atoms with Gasteiger partial charge in [0.05, 0.1) is 22.2 Å². The number of aryl methyl sites for hydroxylation is 1. The number of carboxylic acid groups (broad SMARTS) is 1. The van der Waals surface area contributed by atoms with E-state index in [2.05, 4.69) is 4.98 Å². The van der Waals surface area contributed by atoms with Crippen LogP contribution in [-0.2, 0) is 0 Å². The second kappa shape index (κ2) is 7.81. The van der Waals surface area contributed by atoms with Gasteiger partial charge in [-0.25, -0.2) is 14.8 Å². The second-order valence-electron chi connectivity index (χ2n) is 7.73. The molecule has 0 bridgehead atoms. The second-order valence-corrected chi connectivity index (χ2v) is 7.73. The van der Waals surface area contributed by atoms with Gasteiger partial charge >= 0.3 is 5.97 Å². The van der Waals surface area contributed by atoms with Crippen molar-refractivity contribution in [3.05, 3.63) is 95.8 Å². The third-order valence-corrected chi connectivity index (χ3v) is 5.55. The quantitative estimate of drug-likeness (QED) is 0.393. The van der Waals surface area contributed by atoms with E-state index >= 15 is 0 Å². The molecule has 0 saturated carbocycles. The van der Waals surface area contributed by atoms with Gasteiger partial charge in [0.1, 0.15) is 23.2 Å². The van der Waals surface area contributed by atoms with Gasteiger partial charge in [-0.2, -0.15) is 0 Å². The normalized spacial score (nSPS) is 12.2. The summed E-state index contributed by atoms with van der Waals surface area (Å²) in [5, 5.41) is 10.5. The molecule has 1 atom stereocenters. The number of carbonyl (C=O) groups is 1. The molecule has 0 amide bonds. The number of ether oxygens (including phenoxy) is 1. The predicted molar refractivity (Wildman–Crippen MR) is 123 cm³/mol. The van der Waals surface area contributed by atoms with Gasteiger partial charge in [-0.15, -0.1) is 0 Å². The molecule has 5 aromatic rings. The number of aromatic nitrogens is 3. The number of pyridine rings is 2. The lowest BCUT2D eigenvalue weighted by Gasteiger charge is -2.18. The van der Waals surface area contributed by atoms with Crippen LogP contribution in [0.25, 0.3) is 27.9 Å². The highest BCUT2D eigenvalue weighted by Gasteiger charge is 2.21. The fourth-order valence-corrected chi connectivity index (χ4v) is 3.88. The molecule has 6 nitrogen and oxygen atoms in total. The predicted octanol–water partition coefficient (Wildman–Crippen LogP) is 5.70. The Kier molecular flexibility index (Phi) is 4.82. The number of benzene rings is 2. The topological polar surface area (TPSA) is 76.7 Å². The molecule has 3 heterocycles. The summed E-state index contributed by atoms with van der Waals surface area (Å²) in [6, 6.07) is 20.8. The van der Waals surface area contributed by atoms with Crippen molar-refractivity contribution in [2.45, 2.75) is 20.0 Å². The van der Waals surface area contributed by atoms with Gasteiger partial charge in [0, 0.05) is 12.4 Å². The van der Waals surface area contributed by atoms with Crippen LogP contribution in [0, 0.1) is 6.92 Å². The SMILES string of the molecule is Cc1ccc(OC(C)c2ccccc2)c2c(C(=O)O)cc(-c3cn4ccccc4n3)nc12. The van der Waals surface area contributed by atoms with Crippen molar-refractivity contribution < 1.29 is 14.6 Å². The fraction of sp³-hybridized carbons (Fsp3) is 0.115. The zero-order valence-electron chi connectivity index (χ0n) is 17.7. The molecule has 3 aromatic heterocycles. The zero-order chi connectivity index (χ0) is 22.2. The molecule has 158 valence electrons. The van der Waals surface area contributed by atoms with Crippen LogP contribution >= 0.6 is 0 Å². The average Bonchev–Trinajstić information content (AvgIpc) is 3.25. The van der Waals surface area contributed by atoms with Gasteiger partial charge in [-0.1, -0.05) is 42.5 Å². The first-order chi connectivity index (χ1) is 15.5. The molecule has 5 rings (SSSR count). The third-order valence-electron chi connectivity index (χ3n) is 5.55. The Hall–Kier alpha value is -4.19. The summed E-state index contributed by atoms with van der Waals surface area (Å²) in [5.74, 6) is -0.543. The highest BCUT2D eigenvalue weighted by molar-refractivity contribution is 6.07. The molecule has 0 saturated heterocycles. The van der Waals surface area contributed by atoms with Crippen LogP contribution in [0.4, 0.5) is 0 Å². The van der Waals surface area contributed by atoms with E-state index in [0.29, 0.717) is 28.0 Å². The number of hydrogen-bond acceptors (Lipinski definition) is 4. The standard InChI is InChI=1S/C26H21N3O3/c1-16-11-12-22(32-17(2)18-8-4-3-5-9-18)24-19(26(30)31)14-20(28-25(16)24)21-15-29-13-7-6-10-23(29)27-21/h3-15,17H,1-2H3,(H,30,31). The maximum atomic E-state index is 12.3. The largest absolute Gasteiger partial charge is 0.485 e. The van der Waals surface area contributed by atoms with Crippen molar-refractivity contribution in [1.29, 1.82) is 0 Å². The van der Waals surface area contributed by atoms with Crippen LogP contribution in [0.2, 0.25) is 0 Å². The molecule has 6 heteroatoms. The Bertz CT molecular complexity index is 1420. The van der Waals surface area contributed by atoms with Crippen LogP contribution < -0.4 is 4.74 Å². The van der Waals surface area contributed by atoms with E-state index in [0.717, 1.165) is 16.8 Å². The molecule has 0 fully saturated rings. The van der Waals surface area contributed by atoms with Gasteiger partial charge in [0.25, 0.3) is 0 Å². The number of fused-ring (bicyclic) bond motifs is 2. The summed E-state index contributed by atoms with van der Waals surface area (Å²) >= 11 is 0. The van der Waals surface area contributed by atoms with Crippen LogP contribution in [0.15, 0.2) is 79.1 Å². The Morgan fingerprint density at radius 1 is 1.00 bits per heavy atom. The monoisotopic (exact) mass is 423 g/mol. The molecule has 0 aliphatic heterocycles. The number of rotatable bonds is 5. The number of imidazole rings is 1. The van der Waals surface area contributed by atoms with Crippen molar-refractivity contribution in [3.63, 3.8) is 0 Å². The maximum absolute atomic E-state index is 12.3. The number of hydrogen-bond donors (Lipinski definition) is 1. The van der Waals surface area contributed by atoms with E-state index in [9.17, 15) is 9.90 Å². The highest BCUT2D eigenvalue weighted by Crippen LogP contribution is 2.35. The van der Waals surface area contributed by atoms with E-state index in [1.54, 1.807) is 6.07 Å². The van der Waals surface area contributed by atoms with Crippen molar-refractivity contribution in [3.8, 4) is 17.1 Å². The van der Waals surface area contributed by atoms with Crippen LogP contribution in [0.3, 0.4) is 0 Å². The number of nitrogens with zero attached hydrogens (tertiary/aromatic N) is 3. The highest BCUT2D eigenvalue weighted by atomic mass is 16.5. The van der Waals surface area contributed by atoms with Crippen LogP contribution in [0.5, 0.6) is 5.75 Å². The van der Waals surface area contributed by atoms with Crippen molar-refractivity contribution in [2.75, 3.05) is 0 Å². The van der Waals surface area contributed by atoms with Crippen molar-refractivity contribution >= 4 is 22.5 Å². The minimum atomic E-state index is -1.04. The van der Waals surface area contributed by atoms with E-state index in [4.69, 9.17) is 9.72 Å². The van der Waals surface area contributed by atoms with Crippen molar-refractivity contribution in [2.24, 2.45) is 0 Å². The Morgan fingerprint density at radius 2 is 1.78 bits per heavy atom. The molecule has 32 heavy (non-hydrogen) atoms. The summed E-state index contributed by atoms with van der Waals surface area (Å²) in [7, 11) is 0. The lowest BCUT2D eigenvalue weighted by molar-refractivity contribution is 0.0698. The van der Waals surface area contributed by atoms with Gasteiger partial charge in [-0.3, -0.25) is 0 Å².